The largest absolute Gasteiger partial charge is 0.612 e. The van der Waals surface area contributed by atoms with Crippen LogP contribution in [-0.4, -0.2) is 36.3 Å². The summed E-state index contributed by atoms with van der Waals surface area (Å²) in [5.74, 6) is 0.0424. The van der Waals surface area contributed by atoms with Crippen molar-refractivity contribution < 1.29 is 17.8 Å². The van der Waals surface area contributed by atoms with Gasteiger partial charge in [-0.25, -0.2) is 22.9 Å². The van der Waals surface area contributed by atoms with E-state index in [2.05, 4.69) is 10.3 Å². The van der Waals surface area contributed by atoms with E-state index in [4.69, 9.17) is 5.73 Å². The van der Waals surface area contributed by atoms with Crippen LogP contribution in [0.3, 0.4) is 0 Å². The first kappa shape index (κ1) is 16.5. The fraction of sp³-hybridized carbons (Fsp3) is 0.400. The van der Waals surface area contributed by atoms with Crippen LogP contribution in [0.15, 0.2) is 22.1 Å². The number of urea groups is 1. The quantitative estimate of drug-likeness (QED) is 0.657. The van der Waals surface area contributed by atoms with E-state index >= 15 is 0 Å². The Hall–Kier alpha value is -1.52. The second-order valence-electron chi connectivity index (χ2n) is 4.24. The van der Waals surface area contributed by atoms with Crippen LogP contribution in [0, 0.1) is 0 Å². The molecule has 1 rings (SSSR count). The number of rotatable bonds is 4. The van der Waals surface area contributed by atoms with E-state index in [1.165, 1.54) is 12.3 Å². The van der Waals surface area contributed by atoms with Gasteiger partial charge in [0.15, 0.2) is 9.79 Å². The minimum Gasteiger partial charge on any atom is -0.612 e. The zero-order valence-corrected chi connectivity index (χ0v) is 12.8. The smallest absolute Gasteiger partial charge is 0.328 e. The Morgan fingerprint density at radius 3 is 2.60 bits per heavy atom. The van der Waals surface area contributed by atoms with Crippen molar-refractivity contribution in [2.24, 2.45) is 0 Å². The third-order valence-corrected chi connectivity index (χ3v) is 4.54. The lowest BCUT2D eigenvalue weighted by Crippen LogP contribution is -2.42. The summed E-state index contributed by atoms with van der Waals surface area (Å²) < 4.78 is 37.5. The lowest BCUT2D eigenvalue weighted by molar-refractivity contribution is 0.243. The van der Waals surface area contributed by atoms with Gasteiger partial charge in [0, 0.05) is 12.1 Å². The number of hydrogen-bond acceptors (Lipinski definition) is 6. The summed E-state index contributed by atoms with van der Waals surface area (Å²) in [7, 11) is -4.17. The summed E-state index contributed by atoms with van der Waals surface area (Å²) in [6, 6.07) is 0.101. The number of nitrogens with one attached hydrogen (secondary N) is 2. The Balaban J connectivity index is 3.13. The molecule has 0 saturated carbocycles. The van der Waals surface area contributed by atoms with Gasteiger partial charge in [-0.1, -0.05) is 0 Å². The van der Waals surface area contributed by atoms with E-state index in [1.54, 1.807) is 13.8 Å². The Kier molecular flexibility index (Phi) is 5.20. The number of nitrogens with two attached hydrogens (primary N) is 1. The van der Waals surface area contributed by atoms with E-state index in [0.717, 1.165) is 6.20 Å². The van der Waals surface area contributed by atoms with Crippen LogP contribution in [0.25, 0.3) is 0 Å². The van der Waals surface area contributed by atoms with E-state index in [1.807, 2.05) is 4.72 Å². The first-order valence-corrected chi connectivity index (χ1v) is 8.60. The van der Waals surface area contributed by atoms with Crippen molar-refractivity contribution in [2.75, 3.05) is 12.0 Å². The third kappa shape index (κ3) is 4.25. The van der Waals surface area contributed by atoms with Crippen molar-refractivity contribution in [1.82, 2.24) is 15.0 Å². The number of aromatic nitrogens is 1. The van der Waals surface area contributed by atoms with Crippen molar-refractivity contribution in [3.8, 4) is 0 Å². The lowest BCUT2D eigenvalue weighted by Gasteiger charge is -2.13. The van der Waals surface area contributed by atoms with Crippen LogP contribution in [0.2, 0.25) is 0 Å². The van der Waals surface area contributed by atoms with Gasteiger partial charge in [0.2, 0.25) is 0 Å². The van der Waals surface area contributed by atoms with Gasteiger partial charge in [-0.3, -0.25) is 0 Å². The number of sulfonamides is 1. The van der Waals surface area contributed by atoms with E-state index < -0.39 is 27.2 Å². The number of pyridine rings is 1. The summed E-state index contributed by atoms with van der Waals surface area (Å²) >= 11 is -1.59. The predicted molar refractivity (Wildman–Crippen MR) is 75.0 cm³/mol. The van der Waals surface area contributed by atoms with Crippen molar-refractivity contribution in [3.63, 3.8) is 0 Å². The average Bonchev–Trinajstić information content (AvgIpc) is 2.26. The van der Waals surface area contributed by atoms with Crippen LogP contribution in [0.4, 0.5) is 10.6 Å². The molecule has 112 valence electrons. The fourth-order valence-corrected chi connectivity index (χ4v) is 3.57. The average molecular weight is 320 g/mol. The summed E-state index contributed by atoms with van der Waals surface area (Å²) in [4.78, 5) is 14.8. The molecule has 0 fully saturated rings. The van der Waals surface area contributed by atoms with Crippen LogP contribution in [-0.2, 0) is 21.2 Å². The highest BCUT2D eigenvalue weighted by molar-refractivity contribution is 7.93. The molecule has 1 heterocycles. The number of anilines is 1. The lowest BCUT2D eigenvalue weighted by atomic mass is 10.4. The molecule has 0 spiro atoms. The molecule has 0 bridgehead atoms. The maximum atomic E-state index is 12.1. The molecule has 0 saturated heterocycles. The minimum atomic E-state index is -4.17. The third-order valence-electron chi connectivity index (χ3n) is 2.10. The molecular formula is C10H16N4O4S2. The second kappa shape index (κ2) is 6.29. The number of carbonyl (C=O) groups excluding carboxylic acids is 1. The van der Waals surface area contributed by atoms with E-state index in [-0.39, 0.29) is 21.7 Å². The van der Waals surface area contributed by atoms with Crippen molar-refractivity contribution in [1.29, 1.82) is 0 Å². The minimum absolute atomic E-state index is 0.0117. The van der Waals surface area contributed by atoms with Gasteiger partial charge in [0.1, 0.15) is 12.1 Å². The topological polar surface area (TPSA) is 137 Å². The zero-order valence-electron chi connectivity index (χ0n) is 11.2. The normalized spacial score (nSPS) is 13.1. The van der Waals surface area contributed by atoms with Gasteiger partial charge in [0.05, 0.1) is 6.20 Å². The Morgan fingerprint density at radius 2 is 2.10 bits per heavy atom. The molecule has 1 aromatic heterocycles. The molecule has 20 heavy (non-hydrogen) atoms. The maximum Gasteiger partial charge on any atom is 0.328 e. The molecule has 1 atom stereocenters. The molecule has 10 heteroatoms. The van der Waals surface area contributed by atoms with E-state index in [9.17, 15) is 17.8 Å². The monoisotopic (exact) mass is 320 g/mol. The highest BCUT2D eigenvalue weighted by Gasteiger charge is 2.27. The molecule has 0 radical (unpaired) electrons. The predicted octanol–water partition coefficient (Wildman–Crippen LogP) is -0.202. The Bertz CT molecular complexity index is 601. The first-order chi connectivity index (χ1) is 9.13. The fourth-order valence-electron chi connectivity index (χ4n) is 1.33. The molecule has 0 aliphatic heterocycles. The first-order valence-electron chi connectivity index (χ1n) is 5.55. The molecule has 1 unspecified atom stereocenters. The number of nitrogen functional groups attached to an aromatic ring is 1. The number of nitrogens with zero attached hydrogens (tertiary/aromatic N) is 1. The van der Waals surface area contributed by atoms with E-state index in [0.29, 0.717) is 0 Å². The number of amides is 2. The number of carbonyl (C=O) groups is 1. The molecule has 4 N–H and O–H groups in total. The SMILES string of the molecule is CC(C)NC(=O)NS(=O)(=O)c1cnc(N)cc1[S+](C)[O-]. The summed E-state index contributed by atoms with van der Waals surface area (Å²) in [5, 5.41) is 2.38. The van der Waals surface area contributed by atoms with Gasteiger partial charge >= 0.3 is 6.03 Å². The highest BCUT2D eigenvalue weighted by Crippen LogP contribution is 2.21. The summed E-state index contributed by atoms with van der Waals surface area (Å²) in [5.41, 5.74) is 5.44. The highest BCUT2D eigenvalue weighted by atomic mass is 32.2. The molecule has 2 amide bonds. The standard InChI is InChI=1S/C10H16N4O4S2/c1-6(2)13-10(15)14-20(17,18)8-5-12-9(11)4-7(8)19(3)16/h4-6H,1-3H3,(H2,11,12)(H2,13,14,15). The van der Waals surface area contributed by atoms with Crippen molar-refractivity contribution >= 4 is 33.0 Å². The Morgan fingerprint density at radius 1 is 1.50 bits per heavy atom. The maximum absolute atomic E-state index is 12.1. The molecule has 0 aliphatic rings. The number of hydrogen-bond donors (Lipinski definition) is 3. The van der Waals surface area contributed by atoms with Gasteiger partial charge < -0.3 is 15.6 Å². The molecule has 8 nitrogen and oxygen atoms in total. The van der Waals surface area contributed by atoms with Crippen molar-refractivity contribution in [3.05, 3.63) is 12.3 Å². The molecular weight excluding hydrogens is 304 g/mol. The van der Waals surface area contributed by atoms with Crippen LogP contribution in [0.5, 0.6) is 0 Å². The summed E-state index contributed by atoms with van der Waals surface area (Å²) in [6.07, 6.45) is 2.28. The Labute approximate surface area is 120 Å². The van der Waals surface area contributed by atoms with Gasteiger partial charge in [-0.2, -0.15) is 0 Å². The van der Waals surface area contributed by atoms with Gasteiger partial charge in [-0.15, -0.1) is 0 Å². The van der Waals surface area contributed by atoms with Gasteiger partial charge in [0.25, 0.3) is 10.0 Å². The molecule has 1 aromatic rings. The van der Waals surface area contributed by atoms with Crippen LogP contribution < -0.4 is 15.8 Å². The molecule has 0 aromatic carbocycles. The van der Waals surface area contributed by atoms with Crippen molar-refractivity contribution in [2.45, 2.75) is 29.7 Å². The second-order valence-corrected chi connectivity index (χ2v) is 7.24. The van der Waals surface area contributed by atoms with Crippen LogP contribution >= 0.6 is 0 Å². The summed E-state index contributed by atoms with van der Waals surface area (Å²) in [6.45, 7) is 3.37. The zero-order chi connectivity index (χ0) is 15.5. The van der Waals surface area contributed by atoms with Gasteiger partial charge in [-0.05, 0) is 25.0 Å². The van der Waals surface area contributed by atoms with Crippen LogP contribution in [0.1, 0.15) is 13.8 Å². The molecule has 0 aliphatic carbocycles.